The van der Waals surface area contributed by atoms with E-state index in [1.807, 2.05) is 20.8 Å². The van der Waals surface area contributed by atoms with Gasteiger partial charge >= 0.3 is 5.97 Å². The van der Waals surface area contributed by atoms with E-state index in [2.05, 4.69) is 0 Å². The van der Waals surface area contributed by atoms with E-state index in [9.17, 15) is 9.18 Å². The third-order valence-corrected chi connectivity index (χ3v) is 3.58. The van der Waals surface area contributed by atoms with Crippen LogP contribution < -0.4 is 0 Å². The summed E-state index contributed by atoms with van der Waals surface area (Å²) < 4.78 is 13.6. The monoisotopic (exact) mass is 222 g/mol. The second-order valence-corrected chi connectivity index (χ2v) is 5.14. The summed E-state index contributed by atoms with van der Waals surface area (Å²) in [6.45, 7) is 5.63. The Labute approximate surface area is 94.1 Å². The van der Waals surface area contributed by atoms with Crippen molar-refractivity contribution in [1.82, 2.24) is 0 Å². The smallest absolute Gasteiger partial charge is 0.307 e. The molecule has 0 saturated heterocycles. The molecule has 86 valence electrons. The van der Waals surface area contributed by atoms with E-state index in [1.165, 1.54) is 6.07 Å². The van der Waals surface area contributed by atoms with Gasteiger partial charge in [0, 0.05) is 5.92 Å². The van der Waals surface area contributed by atoms with Gasteiger partial charge in [-0.3, -0.25) is 4.79 Å². The van der Waals surface area contributed by atoms with Crippen LogP contribution in [0.4, 0.5) is 4.39 Å². The van der Waals surface area contributed by atoms with E-state index < -0.39 is 11.9 Å². The maximum Gasteiger partial charge on any atom is 0.307 e. The van der Waals surface area contributed by atoms with Gasteiger partial charge in [0.2, 0.25) is 0 Å². The Morgan fingerprint density at radius 2 is 2.06 bits per heavy atom. The van der Waals surface area contributed by atoms with Crippen molar-refractivity contribution in [2.45, 2.75) is 26.7 Å². The van der Waals surface area contributed by atoms with E-state index >= 15 is 0 Å². The summed E-state index contributed by atoms with van der Waals surface area (Å²) in [5, 5.41) is 9.06. The van der Waals surface area contributed by atoms with Crippen molar-refractivity contribution < 1.29 is 14.3 Å². The molecule has 16 heavy (non-hydrogen) atoms. The Balaban J connectivity index is 2.40. The standard InChI is InChI=1S/C13H15FO2/c1-7-4-5-9(14)8(6-7)10-11(12(15)16)13(10,2)3/h4-6,10-11H,1-3H3,(H,15,16). The Bertz CT molecular complexity index is 451. The number of carboxylic acids is 1. The molecule has 3 heteroatoms. The maximum atomic E-state index is 13.6. The summed E-state index contributed by atoms with van der Waals surface area (Å²) in [7, 11) is 0. The largest absolute Gasteiger partial charge is 0.481 e. The molecule has 2 nitrogen and oxygen atoms in total. The fourth-order valence-electron chi connectivity index (χ4n) is 2.58. The lowest BCUT2D eigenvalue weighted by Crippen LogP contribution is -2.03. The molecule has 1 aliphatic carbocycles. The van der Waals surface area contributed by atoms with E-state index in [1.54, 1.807) is 12.1 Å². The van der Waals surface area contributed by atoms with Gasteiger partial charge in [-0.05, 0) is 24.0 Å². The molecule has 1 aromatic rings. The SMILES string of the molecule is Cc1ccc(F)c(C2C(C(=O)O)C2(C)C)c1. The molecular weight excluding hydrogens is 207 g/mol. The van der Waals surface area contributed by atoms with Crippen LogP contribution in [0.1, 0.15) is 30.9 Å². The molecule has 1 aromatic carbocycles. The fraction of sp³-hybridized carbons (Fsp3) is 0.462. The molecule has 1 saturated carbocycles. The topological polar surface area (TPSA) is 37.3 Å². The van der Waals surface area contributed by atoms with Gasteiger partial charge in [0.25, 0.3) is 0 Å². The molecule has 2 atom stereocenters. The molecule has 1 aliphatic rings. The van der Waals surface area contributed by atoms with Crippen molar-refractivity contribution in [2.24, 2.45) is 11.3 Å². The van der Waals surface area contributed by atoms with Gasteiger partial charge in [0.1, 0.15) is 5.82 Å². The summed E-state index contributed by atoms with van der Waals surface area (Å²) in [5.74, 6) is -1.81. The number of benzene rings is 1. The van der Waals surface area contributed by atoms with E-state index in [4.69, 9.17) is 5.11 Å². The van der Waals surface area contributed by atoms with Crippen LogP contribution in [0, 0.1) is 24.1 Å². The average molecular weight is 222 g/mol. The number of carboxylic acid groups (broad SMARTS) is 1. The quantitative estimate of drug-likeness (QED) is 0.835. The average Bonchev–Trinajstić information content (AvgIpc) is 2.73. The van der Waals surface area contributed by atoms with Gasteiger partial charge in [0.15, 0.2) is 0 Å². The summed E-state index contributed by atoms with van der Waals surface area (Å²) in [5.41, 5.74) is 1.15. The number of carbonyl (C=O) groups is 1. The Morgan fingerprint density at radius 1 is 1.44 bits per heavy atom. The first kappa shape index (κ1) is 11.1. The first-order valence-electron chi connectivity index (χ1n) is 5.34. The molecule has 0 amide bonds. The van der Waals surface area contributed by atoms with Gasteiger partial charge in [-0.2, -0.15) is 0 Å². The van der Waals surface area contributed by atoms with Crippen molar-refractivity contribution in [3.8, 4) is 0 Å². The van der Waals surface area contributed by atoms with Crippen LogP contribution >= 0.6 is 0 Å². The molecule has 0 spiro atoms. The van der Waals surface area contributed by atoms with Crippen LogP contribution in [0.5, 0.6) is 0 Å². The van der Waals surface area contributed by atoms with E-state index in [-0.39, 0.29) is 17.2 Å². The lowest BCUT2D eigenvalue weighted by molar-refractivity contribution is -0.139. The van der Waals surface area contributed by atoms with Crippen LogP contribution in [-0.2, 0) is 4.79 Å². The molecule has 1 fully saturated rings. The molecule has 0 aromatic heterocycles. The summed E-state index contributed by atoms with van der Waals surface area (Å²) >= 11 is 0. The summed E-state index contributed by atoms with van der Waals surface area (Å²) in [6.07, 6.45) is 0. The number of halogens is 1. The van der Waals surface area contributed by atoms with Crippen molar-refractivity contribution in [1.29, 1.82) is 0 Å². The summed E-state index contributed by atoms with van der Waals surface area (Å²) in [6, 6.07) is 4.87. The maximum absolute atomic E-state index is 13.6. The van der Waals surface area contributed by atoms with Gasteiger partial charge in [-0.25, -0.2) is 4.39 Å². The molecule has 2 unspecified atom stereocenters. The predicted molar refractivity (Wildman–Crippen MR) is 58.8 cm³/mol. The Kier molecular flexibility index (Phi) is 2.30. The van der Waals surface area contributed by atoms with Crippen LogP contribution in [0.3, 0.4) is 0 Å². The van der Waals surface area contributed by atoms with Crippen molar-refractivity contribution in [2.75, 3.05) is 0 Å². The van der Waals surface area contributed by atoms with Crippen molar-refractivity contribution in [3.05, 3.63) is 35.1 Å². The highest BCUT2D eigenvalue weighted by molar-refractivity contribution is 5.77. The first-order chi connectivity index (χ1) is 7.35. The van der Waals surface area contributed by atoms with Gasteiger partial charge in [0.05, 0.1) is 5.92 Å². The van der Waals surface area contributed by atoms with E-state index in [0.29, 0.717) is 5.56 Å². The fourth-order valence-corrected chi connectivity index (χ4v) is 2.58. The number of rotatable bonds is 2. The second-order valence-electron chi connectivity index (χ2n) is 5.14. The number of hydrogen-bond acceptors (Lipinski definition) is 1. The highest BCUT2D eigenvalue weighted by Gasteiger charge is 2.63. The summed E-state index contributed by atoms with van der Waals surface area (Å²) in [4.78, 5) is 11.0. The molecule has 0 bridgehead atoms. The van der Waals surface area contributed by atoms with Crippen LogP contribution in [-0.4, -0.2) is 11.1 Å². The van der Waals surface area contributed by atoms with E-state index in [0.717, 1.165) is 5.56 Å². The zero-order chi connectivity index (χ0) is 12.1. The third-order valence-electron chi connectivity index (χ3n) is 3.58. The highest BCUT2D eigenvalue weighted by atomic mass is 19.1. The lowest BCUT2D eigenvalue weighted by Gasteiger charge is -2.05. The van der Waals surface area contributed by atoms with Gasteiger partial charge in [-0.15, -0.1) is 0 Å². The van der Waals surface area contributed by atoms with Crippen LogP contribution in [0.25, 0.3) is 0 Å². The first-order valence-corrected chi connectivity index (χ1v) is 5.34. The molecule has 0 aliphatic heterocycles. The highest BCUT2D eigenvalue weighted by Crippen LogP contribution is 2.64. The number of aryl methyl sites for hydroxylation is 1. The van der Waals surface area contributed by atoms with Gasteiger partial charge in [-0.1, -0.05) is 31.5 Å². The lowest BCUT2D eigenvalue weighted by atomic mass is 10.0. The third kappa shape index (κ3) is 1.51. The minimum Gasteiger partial charge on any atom is -0.481 e. The molecule has 2 rings (SSSR count). The van der Waals surface area contributed by atoms with Crippen molar-refractivity contribution in [3.63, 3.8) is 0 Å². The Hall–Kier alpha value is -1.38. The number of aliphatic carboxylic acids is 1. The predicted octanol–water partition coefficient (Wildman–Crippen LogP) is 2.96. The minimum absolute atomic E-state index is 0.204. The van der Waals surface area contributed by atoms with Crippen LogP contribution in [0.15, 0.2) is 18.2 Å². The molecule has 1 N–H and O–H groups in total. The zero-order valence-electron chi connectivity index (χ0n) is 9.62. The second kappa shape index (κ2) is 3.30. The molecular formula is C13H15FO2. The van der Waals surface area contributed by atoms with Crippen molar-refractivity contribution >= 4 is 5.97 Å². The minimum atomic E-state index is -0.837. The van der Waals surface area contributed by atoms with Crippen LogP contribution in [0.2, 0.25) is 0 Å². The number of hydrogen-bond donors (Lipinski definition) is 1. The zero-order valence-corrected chi connectivity index (χ0v) is 9.62. The normalized spacial score (nSPS) is 26.5. The molecule has 0 radical (unpaired) electrons. The molecule has 0 heterocycles. The Morgan fingerprint density at radius 3 is 2.56 bits per heavy atom. The van der Waals surface area contributed by atoms with Gasteiger partial charge < -0.3 is 5.11 Å².